The van der Waals surface area contributed by atoms with E-state index in [0.29, 0.717) is 5.92 Å². The van der Waals surface area contributed by atoms with Crippen LogP contribution in [0.4, 0.5) is 5.13 Å². The first-order valence-electron chi connectivity index (χ1n) is 6.89. The summed E-state index contributed by atoms with van der Waals surface area (Å²) in [6, 6.07) is 3.80. The highest BCUT2D eigenvalue weighted by Gasteiger charge is 2.22. The lowest BCUT2D eigenvalue weighted by molar-refractivity contribution is 0.228. The maximum Gasteiger partial charge on any atom is 0.208 e. The van der Waals surface area contributed by atoms with E-state index in [1.54, 1.807) is 23.7 Å². The second-order valence-corrected chi connectivity index (χ2v) is 6.21. The van der Waals surface area contributed by atoms with E-state index in [0.717, 1.165) is 35.6 Å². The summed E-state index contributed by atoms with van der Waals surface area (Å²) < 4.78 is 5.84. The van der Waals surface area contributed by atoms with Crippen LogP contribution in [-0.4, -0.2) is 34.9 Å². The van der Waals surface area contributed by atoms with Crippen molar-refractivity contribution in [2.24, 2.45) is 5.92 Å². The fraction of sp³-hybridized carbons (Fsp3) is 0.500. The molecule has 106 valence electrons. The predicted molar refractivity (Wildman–Crippen MR) is 79.3 cm³/mol. The van der Waals surface area contributed by atoms with Crippen LogP contribution in [0.15, 0.2) is 24.5 Å². The molecule has 6 heteroatoms. The van der Waals surface area contributed by atoms with E-state index in [1.807, 2.05) is 19.1 Å². The largest absolute Gasteiger partial charge is 0.493 e. The van der Waals surface area contributed by atoms with Gasteiger partial charge in [0.2, 0.25) is 5.13 Å². The van der Waals surface area contributed by atoms with Gasteiger partial charge in [0.25, 0.3) is 0 Å². The molecule has 0 bridgehead atoms. The molecule has 0 spiro atoms. The third kappa shape index (κ3) is 3.25. The van der Waals surface area contributed by atoms with Crippen LogP contribution in [0, 0.1) is 12.8 Å². The smallest absolute Gasteiger partial charge is 0.208 e. The Morgan fingerprint density at radius 1 is 1.35 bits per heavy atom. The van der Waals surface area contributed by atoms with Crippen LogP contribution >= 0.6 is 11.3 Å². The van der Waals surface area contributed by atoms with Crippen molar-refractivity contribution in [3.05, 3.63) is 29.5 Å². The molecule has 3 rings (SSSR count). The second kappa shape index (κ2) is 6.17. The molecule has 0 aromatic carbocycles. The first-order chi connectivity index (χ1) is 9.81. The molecular formula is C14H18N4OS. The van der Waals surface area contributed by atoms with Gasteiger partial charge in [-0.2, -0.15) is 0 Å². The van der Waals surface area contributed by atoms with Crippen LogP contribution in [0.25, 0.3) is 0 Å². The van der Waals surface area contributed by atoms with Gasteiger partial charge in [0.05, 0.1) is 6.61 Å². The minimum atomic E-state index is 0.543. The molecule has 0 N–H and O–H groups in total. The number of rotatable bonds is 4. The maximum atomic E-state index is 5.84. The minimum absolute atomic E-state index is 0.543. The molecule has 1 fully saturated rings. The van der Waals surface area contributed by atoms with E-state index in [2.05, 4.69) is 20.1 Å². The number of anilines is 1. The Labute approximate surface area is 122 Å². The van der Waals surface area contributed by atoms with Crippen LogP contribution < -0.4 is 9.64 Å². The second-order valence-electron chi connectivity index (χ2n) is 5.05. The molecule has 0 amide bonds. The van der Waals surface area contributed by atoms with Crippen molar-refractivity contribution in [1.29, 1.82) is 0 Å². The Hall–Kier alpha value is -1.69. The molecule has 1 aliphatic rings. The normalized spacial score (nSPS) is 19.1. The highest BCUT2D eigenvalue weighted by molar-refractivity contribution is 7.15. The summed E-state index contributed by atoms with van der Waals surface area (Å²) in [6.07, 6.45) is 5.90. The average Bonchev–Trinajstić information content (AvgIpc) is 2.93. The van der Waals surface area contributed by atoms with Crippen LogP contribution in [0.2, 0.25) is 0 Å². The van der Waals surface area contributed by atoms with Crippen LogP contribution in [0.5, 0.6) is 5.75 Å². The van der Waals surface area contributed by atoms with Crippen molar-refractivity contribution < 1.29 is 4.74 Å². The average molecular weight is 290 g/mol. The van der Waals surface area contributed by atoms with Gasteiger partial charge in [-0.15, -0.1) is 10.2 Å². The summed E-state index contributed by atoms with van der Waals surface area (Å²) in [6.45, 7) is 4.81. The van der Waals surface area contributed by atoms with E-state index >= 15 is 0 Å². The highest BCUT2D eigenvalue weighted by atomic mass is 32.1. The fourth-order valence-electron chi connectivity index (χ4n) is 2.44. The summed E-state index contributed by atoms with van der Waals surface area (Å²) in [5.41, 5.74) is 0. The first kappa shape index (κ1) is 13.3. The molecule has 0 radical (unpaired) electrons. The maximum absolute atomic E-state index is 5.84. The fourth-order valence-corrected chi connectivity index (χ4v) is 3.16. The number of pyridine rings is 1. The van der Waals surface area contributed by atoms with E-state index in [9.17, 15) is 0 Å². The standard InChI is InChI=1S/C14H18N4OS/c1-11-16-17-14(20-11)18-8-2-3-12(9-18)10-19-13-4-6-15-7-5-13/h4-7,12H,2-3,8-10H2,1H3. The van der Waals surface area contributed by atoms with Gasteiger partial charge in [-0.1, -0.05) is 11.3 Å². The molecule has 2 aromatic heterocycles. The molecule has 1 unspecified atom stereocenters. The Kier molecular flexibility index (Phi) is 4.11. The zero-order valence-corrected chi connectivity index (χ0v) is 12.3. The Balaban J connectivity index is 1.55. The predicted octanol–water partition coefficient (Wildman–Crippen LogP) is 2.54. The molecule has 1 atom stereocenters. The lowest BCUT2D eigenvalue weighted by Crippen LogP contribution is -2.37. The number of piperidine rings is 1. The van der Waals surface area contributed by atoms with Crippen molar-refractivity contribution in [3.8, 4) is 5.75 Å². The number of aromatic nitrogens is 3. The first-order valence-corrected chi connectivity index (χ1v) is 7.71. The molecular weight excluding hydrogens is 272 g/mol. The number of ether oxygens (including phenoxy) is 1. The summed E-state index contributed by atoms with van der Waals surface area (Å²) in [5.74, 6) is 1.44. The third-order valence-electron chi connectivity index (χ3n) is 3.44. The van der Waals surface area contributed by atoms with Crippen molar-refractivity contribution in [1.82, 2.24) is 15.2 Å². The van der Waals surface area contributed by atoms with E-state index < -0.39 is 0 Å². The number of nitrogens with zero attached hydrogens (tertiary/aromatic N) is 4. The van der Waals surface area contributed by atoms with Crippen LogP contribution in [-0.2, 0) is 0 Å². The summed E-state index contributed by atoms with van der Waals surface area (Å²) in [7, 11) is 0. The van der Waals surface area contributed by atoms with Crippen molar-refractivity contribution >= 4 is 16.5 Å². The molecule has 20 heavy (non-hydrogen) atoms. The number of hydrogen-bond donors (Lipinski definition) is 0. The van der Waals surface area contributed by atoms with Crippen molar-refractivity contribution in [3.63, 3.8) is 0 Å². The Bertz CT molecular complexity index is 545. The van der Waals surface area contributed by atoms with E-state index in [-0.39, 0.29) is 0 Å². The Morgan fingerprint density at radius 3 is 2.95 bits per heavy atom. The van der Waals surface area contributed by atoms with Crippen LogP contribution in [0.3, 0.4) is 0 Å². The van der Waals surface area contributed by atoms with Gasteiger partial charge in [0.15, 0.2) is 0 Å². The minimum Gasteiger partial charge on any atom is -0.493 e. The molecule has 0 aliphatic carbocycles. The summed E-state index contributed by atoms with van der Waals surface area (Å²) in [5, 5.41) is 10.4. The van der Waals surface area contributed by atoms with Gasteiger partial charge in [-0.3, -0.25) is 4.98 Å². The lowest BCUT2D eigenvalue weighted by atomic mass is 9.99. The Morgan fingerprint density at radius 2 is 2.20 bits per heavy atom. The lowest BCUT2D eigenvalue weighted by Gasteiger charge is -2.32. The summed E-state index contributed by atoms with van der Waals surface area (Å²) in [4.78, 5) is 6.32. The van der Waals surface area contributed by atoms with E-state index in [1.165, 1.54) is 12.8 Å². The molecule has 5 nitrogen and oxygen atoms in total. The monoisotopic (exact) mass is 290 g/mol. The SMILES string of the molecule is Cc1nnc(N2CCCC(COc3ccncc3)C2)s1. The van der Waals surface area contributed by atoms with Crippen molar-refractivity contribution in [2.75, 3.05) is 24.6 Å². The molecule has 1 aliphatic heterocycles. The topological polar surface area (TPSA) is 51.1 Å². The molecule has 0 saturated carbocycles. The molecule has 1 saturated heterocycles. The van der Waals surface area contributed by atoms with Gasteiger partial charge in [-0.05, 0) is 31.9 Å². The molecule has 3 heterocycles. The van der Waals surface area contributed by atoms with E-state index in [4.69, 9.17) is 4.74 Å². The highest BCUT2D eigenvalue weighted by Crippen LogP contribution is 2.26. The number of hydrogen-bond acceptors (Lipinski definition) is 6. The van der Waals surface area contributed by atoms with Crippen LogP contribution in [0.1, 0.15) is 17.8 Å². The molecule has 2 aromatic rings. The zero-order valence-electron chi connectivity index (χ0n) is 11.5. The van der Waals surface area contributed by atoms with Gasteiger partial charge in [-0.25, -0.2) is 0 Å². The van der Waals surface area contributed by atoms with Gasteiger partial charge >= 0.3 is 0 Å². The van der Waals surface area contributed by atoms with Crippen molar-refractivity contribution in [2.45, 2.75) is 19.8 Å². The van der Waals surface area contributed by atoms with Gasteiger partial charge in [0.1, 0.15) is 10.8 Å². The quantitative estimate of drug-likeness (QED) is 0.866. The van der Waals surface area contributed by atoms with Gasteiger partial charge < -0.3 is 9.64 Å². The third-order valence-corrected chi connectivity index (χ3v) is 4.34. The van der Waals surface area contributed by atoms with Gasteiger partial charge in [0, 0.05) is 31.4 Å². The number of aryl methyl sites for hydroxylation is 1. The zero-order chi connectivity index (χ0) is 13.8. The summed E-state index contributed by atoms with van der Waals surface area (Å²) >= 11 is 1.67.